The molecule has 1 aromatic heterocycles. The second kappa shape index (κ2) is 6.12. The van der Waals surface area contributed by atoms with Gasteiger partial charge in [-0.1, -0.05) is 66.7 Å². The Morgan fingerprint density at radius 2 is 1.08 bits per heavy atom. The molecular weight excluding hydrogens is 314 g/mol. The molecular formula is C25H18N+. The highest BCUT2D eigenvalue weighted by Gasteiger charge is 2.19. The molecule has 0 saturated heterocycles. The van der Waals surface area contributed by atoms with Crippen molar-refractivity contribution in [2.24, 2.45) is 0 Å². The van der Waals surface area contributed by atoms with Crippen LogP contribution in [-0.2, 0) is 0 Å². The van der Waals surface area contributed by atoms with Gasteiger partial charge in [0.2, 0.25) is 11.4 Å². The number of hydrogen-bond donors (Lipinski definition) is 0. The Morgan fingerprint density at radius 3 is 1.92 bits per heavy atom. The zero-order valence-corrected chi connectivity index (χ0v) is 14.3. The normalized spacial score (nSPS) is 11.1. The molecule has 0 saturated carbocycles. The second-order valence-corrected chi connectivity index (χ2v) is 6.48. The maximum atomic E-state index is 2.30. The zero-order chi connectivity index (χ0) is 17.3. The molecule has 0 aliphatic carbocycles. The molecule has 1 nitrogen and oxygen atoms in total. The van der Waals surface area contributed by atoms with Crippen molar-refractivity contribution in [1.82, 2.24) is 0 Å². The van der Waals surface area contributed by atoms with Gasteiger partial charge < -0.3 is 0 Å². The Balaban J connectivity index is 1.83. The van der Waals surface area contributed by atoms with E-state index in [1.54, 1.807) is 0 Å². The molecule has 1 heteroatoms. The van der Waals surface area contributed by atoms with Crippen molar-refractivity contribution in [2.45, 2.75) is 0 Å². The minimum Gasteiger partial charge on any atom is -0.159 e. The number of aromatic nitrogens is 1. The van der Waals surface area contributed by atoms with Crippen LogP contribution in [-0.4, -0.2) is 0 Å². The van der Waals surface area contributed by atoms with Crippen LogP contribution in [0.25, 0.3) is 38.5 Å². The van der Waals surface area contributed by atoms with Crippen molar-refractivity contribution in [3.05, 3.63) is 109 Å². The molecule has 0 aliphatic heterocycles. The molecule has 5 aromatic rings. The summed E-state index contributed by atoms with van der Waals surface area (Å²) < 4.78 is 2.30. The van der Waals surface area contributed by atoms with Crippen molar-refractivity contribution in [3.8, 4) is 16.9 Å². The van der Waals surface area contributed by atoms with Gasteiger partial charge in [0.1, 0.15) is 0 Å². The van der Waals surface area contributed by atoms with Crippen molar-refractivity contribution < 1.29 is 4.57 Å². The molecule has 0 spiro atoms. The van der Waals surface area contributed by atoms with Gasteiger partial charge in [0.15, 0.2) is 6.20 Å². The summed E-state index contributed by atoms with van der Waals surface area (Å²) in [5.74, 6) is 0. The van der Waals surface area contributed by atoms with E-state index in [4.69, 9.17) is 0 Å². The van der Waals surface area contributed by atoms with Crippen LogP contribution in [0.4, 0.5) is 0 Å². The first-order chi connectivity index (χ1) is 12.9. The molecule has 0 atom stereocenters. The van der Waals surface area contributed by atoms with Crippen LogP contribution in [0.5, 0.6) is 0 Å². The largest absolute Gasteiger partial charge is 0.219 e. The van der Waals surface area contributed by atoms with Gasteiger partial charge >= 0.3 is 0 Å². The number of fused-ring (bicyclic) bond motifs is 2. The van der Waals surface area contributed by atoms with Gasteiger partial charge in [0.05, 0.1) is 10.9 Å². The maximum Gasteiger partial charge on any atom is 0.219 e. The molecule has 26 heavy (non-hydrogen) atoms. The first-order valence-corrected chi connectivity index (χ1v) is 8.89. The molecule has 0 radical (unpaired) electrons. The van der Waals surface area contributed by atoms with Gasteiger partial charge in [-0.3, -0.25) is 0 Å². The molecule has 0 fully saturated rings. The van der Waals surface area contributed by atoms with E-state index in [1.165, 1.54) is 38.5 Å². The Kier molecular flexibility index (Phi) is 3.50. The average Bonchev–Trinajstić information content (AvgIpc) is 2.73. The summed E-state index contributed by atoms with van der Waals surface area (Å²) in [4.78, 5) is 0. The van der Waals surface area contributed by atoms with Crippen LogP contribution in [0.1, 0.15) is 0 Å². The van der Waals surface area contributed by atoms with E-state index in [9.17, 15) is 0 Å². The van der Waals surface area contributed by atoms with E-state index in [1.807, 2.05) is 0 Å². The standard InChI is InChI=1S/C25H18N/c1-3-13-21-19(9-1)11-7-15-23(21)25-16-5-6-18-26(25)24-17-8-12-20-10-2-4-14-22(20)24/h1-18H/q+1. The summed E-state index contributed by atoms with van der Waals surface area (Å²) in [6, 6.07) is 36.5. The van der Waals surface area contributed by atoms with E-state index in [0.29, 0.717) is 0 Å². The van der Waals surface area contributed by atoms with Gasteiger partial charge in [0.25, 0.3) is 0 Å². The average molecular weight is 332 g/mol. The lowest BCUT2D eigenvalue weighted by atomic mass is 10.0. The van der Waals surface area contributed by atoms with E-state index in [-0.39, 0.29) is 0 Å². The number of pyridine rings is 1. The van der Waals surface area contributed by atoms with Gasteiger partial charge in [0, 0.05) is 18.2 Å². The quantitative estimate of drug-likeness (QED) is 0.352. The Hall–Kier alpha value is -3.45. The van der Waals surface area contributed by atoms with Crippen LogP contribution in [0.15, 0.2) is 109 Å². The maximum absolute atomic E-state index is 2.30. The molecule has 5 rings (SSSR count). The lowest BCUT2D eigenvalue weighted by molar-refractivity contribution is -0.582. The number of nitrogens with zero attached hydrogens (tertiary/aromatic N) is 1. The lowest BCUT2D eigenvalue weighted by Gasteiger charge is -2.08. The highest BCUT2D eigenvalue weighted by molar-refractivity contribution is 5.95. The summed E-state index contributed by atoms with van der Waals surface area (Å²) in [5.41, 5.74) is 3.64. The van der Waals surface area contributed by atoms with E-state index in [0.717, 1.165) is 0 Å². The molecule has 0 amide bonds. The summed E-state index contributed by atoms with van der Waals surface area (Å²) in [7, 11) is 0. The van der Waals surface area contributed by atoms with Crippen LogP contribution in [0, 0.1) is 0 Å². The Morgan fingerprint density at radius 1 is 0.462 bits per heavy atom. The summed E-state index contributed by atoms with van der Waals surface area (Å²) >= 11 is 0. The Bertz CT molecular complexity index is 1130. The molecule has 122 valence electrons. The summed E-state index contributed by atoms with van der Waals surface area (Å²) in [6.07, 6.45) is 2.15. The third-order valence-electron chi connectivity index (χ3n) is 4.95. The van der Waals surface area contributed by atoms with E-state index in [2.05, 4.69) is 114 Å². The third-order valence-corrected chi connectivity index (χ3v) is 4.95. The van der Waals surface area contributed by atoms with Gasteiger partial charge in [-0.15, -0.1) is 0 Å². The predicted molar refractivity (Wildman–Crippen MR) is 108 cm³/mol. The van der Waals surface area contributed by atoms with Crippen LogP contribution in [0.3, 0.4) is 0 Å². The topological polar surface area (TPSA) is 3.88 Å². The smallest absolute Gasteiger partial charge is 0.159 e. The molecule has 0 bridgehead atoms. The van der Waals surface area contributed by atoms with Crippen LogP contribution >= 0.6 is 0 Å². The van der Waals surface area contributed by atoms with E-state index >= 15 is 0 Å². The van der Waals surface area contributed by atoms with Gasteiger partial charge in [-0.05, 0) is 34.4 Å². The summed E-state index contributed by atoms with van der Waals surface area (Å²) in [5, 5.41) is 5.05. The molecule has 1 heterocycles. The minimum atomic E-state index is 1.20. The van der Waals surface area contributed by atoms with Crippen molar-refractivity contribution in [2.75, 3.05) is 0 Å². The van der Waals surface area contributed by atoms with E-state index < -0.39 is 0 Å². The molecule has 4 aromatic carbocycles. The molecule has 0 aliphatic rings. The molecule has 0 unspecified atom stereocenters. The van der Waals surface area contributed by atoms with Crippen LogP contribution < -0.4 is 4.57 Å². The van der Waals surface area contributed by atoms with Crippen molar-refractivity contribution in [1.29, 1.82) is 0 Å². The SMILES string of the molecule is c1cc[n+](-c2cccc3ccccc23)c(-c2cccc3ccccc23)c1. The predicted octanol–water partition coefficient (Wildman–Crippen LogP) is 5.94. The first-order valence-electron chi connectivity index (χ1n) is 8.89. The zero-order valence-electron chi connectivity index (χ0n) is 14.3. The highest BCUT2D eigenvalue weighted by atomic mass is 15.0. The third kappa shape index (κ3) is 2.37. The fourth-order valence-corrected chi connectivity index (χ4v) is 3.74. The first kappa shape index (κ1) is 14.9. The van der Waals surface area contributed by atoms with Gasteiger partial charge in [-0.25, -0.2) is 0 Å². The van der Waals surface area contributed by atoms with Crippen molar-refractivity contribution in [3.63, 3.8) is 0 Å². The van der Waals surface area contributed by atoms with Crippen molar-refractivity contribution >= 4 is 21.5 Å². The fourth-order valence-electron chi connectivity index (χ4n) is 3.74. The number of rotatable bonds is 2. The van der Waals surface area contributed by atoms with Gasteiger partial charge in [-0.2, -0.15) is 4.57 Å². The fraction of sp³-hybridized carbons (Fsp3) is 0. The lowest BCUT2D eigenvalue weighted by Crippen LogP contribution is -2.33. The Labute approximate surface area is 152 Å². The number of benzene rings is 4. The molecule has 0 N–H and O–H groups in total. The minimum absolute atomic E-state index is 1.20. The second-order valence-electron chi connectivity index (χ2n) is 6.48. The summed E-state index contributed by atoms with van der Waals surface area (Å²) in [6.45, 7) is 0. The van der Waals surface area contributed by atoms with Crippen LogP contribution in [0.2, 0.25) is 0 Å². The number of hydrogen-bond acceptors (Lipinski definition) is 0. The monoisotopic (exact) mass is 332 g/mol. The highest BCUT2D eigenvalue weighted by Crippen LogP contribution is 2.28.